The van der Waals surface area contributed by atoms with Gasteiger partial charge in [-0.1, -0.05) is 55.7 Å². The van der Waals surface area contributed by atoms with Crippen molar-refractivity contribution in [2.75, 3.05) is 10.6 Å². The standard InChI is InChI=1S/C22H27N3O2/c26-21(15-14-17-8-3-1-4-9-17)23-19-12-7-13-20(16-19)25-22(27)24-18-10-5-2-6-11-18/h1,3-4,7-9,12-13,16,18H,2,5-6,10-11,14-15H2,(H,23,26)(H2,24,25,27). The van der Waals surface area contributed by atoms with Gasteiger partial charge in [0.25, 0.3) is 0 Å². The molecular weight excluding hydrogens is 338 g/mol. The molecule has 1 fully saturated rings. The molecule has 3 rings (SSSR count). The van der Waals surface area contributed by atoms with E-state index in [1.165, 1.54) is 19.3 Å². The minimum atomic E-state index is -0.186. The second-order valence-electron chi connectivity index (χ2n) is 7.05. The van der Waals surface area contributed by atoms with Crippen LogP contribution in [0.25, 0.3) is 0 Å². The van der Waals surface area contributed by atoms with Crippen molar-refractivity contribution in [2.24, 2.45) is 0 Å². The molecule has 5 heteroatoms. The average molecular weight is 365 g/mol. The van der Waals surface area contributed by atoms with Crippen LogP contribution in [0.5, 0.6) is 0 Å². The Labute approximate surface area is 160 Å². The quantitative estimate of drug-likeness (QED) is 0.694. The highest BCUT2D eigenvalue weighted by molar-refractivity contribution is 5.93. The van der Waals surface area contributed by atoms with E-state index in [1.807, 2.05) is 48.5 Å². The lowest BCUT2D eigenvalue weighted by molar-refractivity contribution is -0.116. The summed E-state index contributed by atoms with van der Waals surface area (Å²) in [5, 5.41) is 8.78. The molecule has 0 aliphatic heterocycles. The molecule has 0 saturated heterocycles. The van der Waals surface area contributed by atoms with Crippen molar-refractivity contribution in [3.63, 3.8) is 0 Å². The molecule has 2 aromatic carbocycles. The van der Waals surface area contributed by atoms with Crippen LogP contribution in [0.3, 0.4) is 0 Å². The zero-order chi connectivity index (χ0) is 18.9. The Morgan fingerprint density at radius 3 is 2.30 bits per heavy atom. The van der Waals surface area contributed by atoms with Crippen molar-refractivity contribution < 1.29 is 9.59 Å². The Kier molecular flexibility index (Phi) is 6.85. The number of carbonyl (C=O) groups excluding carboxylic acids is 2. The van der Waals surface area contributed by atoms with Crippen molar-refractivity contribution in [3.8, 4) is 0 Å². The van der Waals surface area contributed by atoms with E-state index in [9.17, 15) is 9.59 Å². The van der Waals surface area contributed by atoms with Gasteiger partial charge in [-0.2, -0.15) is 0 Å². The maximum absolute atomic E-state index is 12.2. The van der Waals surface area contributed by atoms with Crippen LogP contribution in [-0.2, 0) is 11.2 Å². The topological polar surface area (TPSA) is 70.2 Å². The average Bonchev–Trinajstić information content (AvgIpc) is 2.68. The van der Waals surface area contributed by atoms with Gasteiger partial charge >= 0.3 is 6.03 Å². The van der Waals surface area contributed by atoms with Crippen molar-refractivity contribution in [2.45, 2.75) is 51.0 Å². The monoisotopic (exact) mass is 365 g/mol. The molecule has 0 bridgehead atoms. The van der Waals surface area contributed by atoms with E-state index in [0.717, 1.165) is 18.4 Å². The number of amides is 3. The van der Waals surface area contributed by atoms with Gasteiger partial charge in [-0.25, -0.2) is 4.79 Å². The fourth-order valence-corrected chi connectivity index (χ4v) is 3.40. The van der Waals surface area contributed by atoms with E-state index in [0.29, 0.717) is 24.2 Å². The minimum Gasteiger partial charge on any atom is -0.335 e. The third-order valence-corrected chi connectivity index (χ3v) is 4.83. The van der Waals surface area contributed by atoms with Gasteiger partial charge in [0.2, 0.25) is 5.91 Å². The molecule has 0 radical (unpaired) electrons. The van der Waals surface area contributed by atoms with Crippen LogP contribution >= 0.6 is 0 Å². The van der Waals surface area contributed by atoms with Crippen LogP contribution in [0.15, 0.2) is 54.6 Å². The maximum atomic E-state index is 12.2. The van der Waals surface area contributed by atoms with Gasteiger partial charge in [-0.05, 0) is 43.0 Å². The maximum Gasteiger partial charge on any atom is 0.319 e. The van der Waals surface area contributed by atoms with Crippen LogP contribution in [0.1, 0.15) is 44.1 Å². The number of hydrogen-bond donors (Lipinski definition) is 3. The van der Waals surface area contributed by atoms with Crippen LogP contribution in [-0.4, -0.2) is 18.0 Å². The highest BCUT2D eigenvalue weighted by Gasteiger charge is 2.15. The first kappa shape index (κ1) is 19.0. The van der Waals surface area contributed by atoms with Gasteiger partial charge in [0, 0.05) is 23.8 Å². The molecule has 142 valence electrons. The highest BCUT2D eigenvalue weighted by Crippen LogP contribution is 2.18. The molecule has 3 amide bonds. The minimum absolute atomic E-state index is 0.0392. The molecule has 2 aromatic rings. The van der Waals surface area contributed by atoms with Gasteiger partial charge in [-0.3, -0.25) is 4.79 Å². The fraction of sp³-hybridized carbons (Fsp3) is 0.364. The van der Waals surface area contributed by atoms with Gasteiger partial charge in [0.05, 0.1) is 0 Å². The SMILES string of the molecule is O=C(CCc1ccccc1)Nc1cccc(NC(=O)NC2CCCCC2)c1. The lowest BCUT2D eigenvalue weighted by Gasteiger charge is -2.22. The molecule has 0 atom stereocenters. The number of nitrogens with one attached hydrogen (secondary N) is 3. The van der Waals surface area contributed by atoms with E-state index in [2.05, 4.69) is 16.0 Å². The predicted octanol–water partition coefficient (Wildman–Crippen LogP) is 4.71. The summed E-state index contributed by atoms with van der Waals surface area (Å²) in [4.78, 5) is 24.3. The summed E-state index contributed by atoms with van der Waals surface area (Å²) in [7, 11) is 0. The summed E-state index contributed by atoms with van der Waals surface area (Å²) < 4.78 is 0. The smallest absolute Gasteiger partial charge is 0.319 e. The molecule has 1 aliphatic rings. The second-order valence-corrected chi connectivity index (χ2v) is 7.05. The number of carbonyl (C=O) groups is 2. The third-order valence-electron chi connectivity index (χ3n) is 4.83. The molecule has 0 aromatic heterocycles. The number of rotatable bonds is 6. The summed E-state index contributed by atoms with van der Waals surface area (Å²) in [6.07, 6.45) is 6.82. The first-order valence-electron chi connectivity index (χ1n) is 9.70. The summed E-state index contributed by atoms with van der Waals surface area (Å²) in [5.41, 5.74) is 2.50. The molecule has 1 saturated carbocycles. The second kappa shape index (κ2) is 9.76. The molecule has 0 spiro atoms. The van der Waals surface area contributed by atoms with Crippen molar-refractivity contribution >= 4 is 23.3 Å². The summed E-state index contributed by atoms with van der Waals surface area (Å²) in [5.74, 6) is -0.0392. The summed E-state index contributed by atoms with van der Waals surface area (Å²) in [6, 6.07) is 17.3. The third kappa shape index (κ3) is 6.44. The Morgan fingerprint density at radius 2 is 1.56 bits per heavy atom. The van der Waals surface area contributed by atoms with Gasteiger partial charge in [0.1, 0.15) is 0 Å². The van der Waals surface area contributed by atoms with Crippen LogP contribution < -0.4 is 16.0 Å². The Hall–Kier alpha value is -2.82. The van der Waals surface area contributed by atoms with E-state index < -0.39 is 0 Å². The molecule has 0 unspecified atom stereocenters. The summed E-state index contributed by atoms with van der Waals surface area (Å²) >= 11 is 0. The fourth-order valence-electron chi connectivity index (χ4n) is 3.40. The number of benzene rings is 2. The number of hydrogen-bond acceptors (Lipinski definition) is 2. The Balaban J connectivity index is 1.47. The first-order chi connectivity index (χ1) is 13.2. The van der Waals surface area contributed by atoms with Gasteiger partial charge in [-0.15, -0.1) is 0 Å². The lowest BCUT2D eigenvalue weighted by Crippen LogP contribution is -2.39. The Bertz CT molecular complexity index is 755. The Morgan fingerprint density at radius 1 is 0.852 bits per heavy atom. The summed E-state index contributed by atoms with van der Waals surface area (Å²) in [6.45, 7) is 0. The van der Waals surface area contributed by atoms with Crippen LogP contribution in [0.4, 0.5) is 16.2 Å². The van der Waals surface area contributed by atoms with Crippen molar-refractivity contribution in [1.29, 1.82) is 0 Å². The molecule has 1 aliphatic carbocycles. The number of urea groups is 1. The van der Waals surface area contributed by atoms with Crippen molar-refractivity contribution in [3.05, 3.63) is 60.2 Å². The first-order valence-corrected chi connectivity index (χ1v) is 9.70. The zero-order valence-corrected chi connectivity index (χ0v) is 15.5. The zero-order valence-electron chi connectivity index (χ0n) is 15.5. The lowest BCUT2D eigenvalue weighted by atomic mass is 9.96. The predicted molar refractivity (Wildman–Crippen MR) is 109 cm³/mol. The molecular formula is C22H27N3O2. The van der Waals surface area contributed by atoms with Gasteiger partial charge in [0.15, 0.2) is 0 Å². The molecule has 27 heavy (non-hydrogen) atoms. The van der Waals surface area contributed by atoms with E-state index in [-0.39, 0.29) is 18.0 Å². The van der Waals surface area contributed by atoms with Crippen LogP contribution in [0, 0.1) is 0 Å². The van der Waals surface area contributed by atoms with E-state index in [4.69, 9.17) is 0 Å². The van der Waals surface area contributed by atoms with Crippen LogP contribution in [0.2, 0.25) is 0 Å². The van der Waals surface area contributed by atoms with Gasteiger partial charge < -0.3 is 16.0 Å². The number of anilines is 2. The van der Waals surface area contributed by atoms with E-state index in [1.54, 1.807) is 6.07 Å². The highest BCUT2D eigenvalue weighted by atomic mass is 16.2. The largest absolute Gasteiger partial charge is 0.335 e. The number of aryl methyl sites for hydroxylation is 1. The van der Waals surface area contributed by atoms with E-state index >= 15 is 0 Å². The molecule has 5 nitrogen and oxygen atoms in total. The molecule has 0 heterocycles. The normalized spacial score (nSPS) is 14.4. The molecule has 3 N–H and O–H groups in total. The van der Waals surface area contributed by atoms with Crippen molar-refractivity contribution in [1.82, 2.24) is 5.32 Å².